The zero-order chi connectivity index (χ0) is 19.1. The van der Waals surface area contributed by atoms with Crippen molar-refractivity contribution in [2.24, 2.45) is 15.1 Å². The molecule has 3 N–H and O–H groups in total. The van der Waals surface area contributed by atoms with Crippen molar-refractivity contribution in [1.29, 1.82) is 0 Å². The molecule has 2 rings (SSSR count). The van der Waals surface area contributed by atoms with Crippen molar-refractivity contribution in [2.75, 3.05) is 0 Å². The van der Waals surface area contributed by atoms with Gasteiger partial charge in [0.15, 0.2) is 17.5 Å². The van der Waals surface area contributed by atoms with Gasteiger partial charge in [-0.2, -0.15) is 4.99 Å². The molecular weight excluding hydrogens is 382 g/mol. The van der Waals surface area contributed by atoms with Gasteiger partial charge in [0.2, 0.25) is 0 Å². The number of nitrogens with two attached hydrogens (primary N) is 1. The monoisotopic (exact) mass is 398 g/mol. The van der Waals surface area contributed by atoms with Gasteiger partial charge >= 0.3 is 6.02 Å². The summed E-state index contributed by atoms with van der Waals surface area (Å²) < 4.78 is 44.8. The summed E-state index contributed by atoms with van der Waals surface area (Å²) in [5.74, 6) is -0.283. The van der Waals surface area contributed by atoms with Gasteiger partial charge in [-0.1, -0.05) is 13.8 Å². The second-order valence-electron chi connectivity index (χ2n) is 5.35. The third-order valence-corrected chi connectivity index (χ3v) is 3.80. The Labute approximate surface area is 158 Å². The summed E-state index contributed by atoms with van der Waals surface area (Å²) in [5, 5.41) is -0.281. The van der Waals surface area contributed by atoms with Gasteiger partial charge in [0.1, 0.15) is 11.6 Å². The van der Waals surface area contributed by atoms with E-state index in [1.54, 1.807) is 24.5 Å². The SMILES string of the molecule is CC(C)c1cc(F)cc(-c2ccncc2)c1OC(=N\SF)/N=C(\N)SO. The Balaban J connectivity index is 2.63. The van der Waals surface area contributed by atoms with Crippen LogP contribution >= 0.6 is 24.4 Å². The topological polar surface area (TPSA) is 93.1 Å². The number of hydrogen-bond donors (Lipinski definition) is 2. The van der Waals surface area contributed by atoms with Crippen LogP contribution < -0.4 is 10.5 Å². The van der Waals surface area contributed by atoms with Gasteiger partial charge in [-0.05, 0) is 35.7 Å². The highest BCUT2D eigenvalue weighted by molar-refractivity contribution is 8.08. The molecule has 0 spiro atoms. The summed E-state index contributed by atoms with van der Waals surface area (Å²) in [6.45, 7) is 3.72. The Bertz CT molecular complexity index is 817. The van der Waals surface area contributed by atoms with Crippen LogP contribution in [0.1, 0.15) is 25.3 Å². The van der Waals surface area contributed by atoms with Gasteiger partial charge in [0.05, 0.1) is 12.0 Å². The molecule has 0 atom stereocenters. The fourth-order valence-electron chi connectivity index (χ4n) is 2.20. The van der Waals surface area contributed by atoms with Crippen molar-refractivity contribution in [1.82, 2.24) is 4.98 Å². The first kappa shape index (κ1) is 20.1. The van der Waals surface area contributed by atoms with Crippen LogP contribution in [0.15, 0.2) is 46.0 Å². The van der Waals surface area contributed by atoms with E-state index in [2.05, 4.69) is 14.4 Å². The van der Waals surface area contributed by atoms with Crippen LogP contribution in [0.25, 0.3) is 11.1 Å². The average molecular weight is 398 g/mol. The molecule has 138 valence electrons. The second kappa shape index (κ2) is 9.51. The molecule has 0 saturated heterocycles. The molecule has 0 aliphatic carbocycles. The first-order valence-electron chi connectivity index (χ1n) is 7.39. The number of nitrogens with zero attached hydrogens (tertiary/aromatic N) is 3. The Morgan fingerprint density at radius 3 is 2.58 bits per heavy atom. The fraction of sp³-hybridized carbons (Fsp3) is 0.188. The van der Waals surface area contributed by atoms with Gasteiger partial charge < -0.3 is 15.0 Å². The number of amidine groups is 2. The van der Waals surface area contributed by atoms with Crippen molar-refractivity contribution >= 4 is 35.6 Å². The summed E-state index contributed by atoms with van der Waals surface area (Å²) in [5.41, 5.74) is 7.05. The van der Waals surface area contributed by atoms with Crippen LogP contribution in [-0.2, 0) is 0 Å². The van der Waals surface area contributed by atoms with Crippen molar-refractivity contribution in [3.05, 3.63) is 48.0 Å². The number of benzene rings is 1. The minimum atomic E-state index is -0.444. The van der Waals surface area contributed by atoms with Crippen LogP contribution in [0.2, 0.25) is 0 Å². The number of pyridine rings is 1. The van der Waals surface area contributed by atoms with Gasteiger partial charge in [0, 0.05) is 23.5 Å². The fourth-order valence-corrected chi connectivity index (χ4v) is 2.46. The number of halogens is 2. The molecule has 10 heteroatoms. The maximum atomic E-state index is 14.2. The molecule has 0 unspecified atom stereocenters. The molecule has 1 aromatic carbocycles. The lowest BCUT2D eigenvalue weighted by Crippen LogP contribution is -2.15. The summed E-state index contributed by atoms with van der Waals surface area (Å²) in [6, 6.07) is 5.59. The van der Waals surface area contributed by atoms with Crippen LogP contribution in [0, 0.1) is 5.82 Å². The highest BCUT2D eigenvalue weighted by Gasteiger charge is 2.19. The van der Waals surface area contributed by atoms with E-state index in [0.29, 0.717) is 16.7 Å². The first-order chi connectivity index (χ1) is 12.5. The molecule has 6 nitrogen and oxygen atoms in total. The molecule has 0 amide bonds. The van der Waals surface area contributed by atoms with E-state index in [-0.39, 0.29) is 41.2 Å². The predicted molar refractivity (Wildman–Crippen MR) is 102 cm³/mol. The van der Waals surface area contributed by atoms with E-state index in [1.807, 2.05) is 13.8 Å². The summed E-state index contributed by atoms with van der Waals surface area (Å²) in [6.07, 6.45) is 3.12. The molecule has 0 fully saturated rings. The lowest BCUT2D eigenvalue weighted by Gasteiger charge is -2.17. The van der Waals surface area contributed by atoms with Gasteiger partial charge in [0.25, 0.3) is 0 Å². The third-order valence-electron chi connectivity index (χ3n) is 3.30. The van der Waals surface area contributed by atoms with Crippen LogP contribution in [0.5, 0.6) is 5.75 Å². The molecule has 0 aliphatic heterocycles. The Kier molecular flexibility index (Phi) is 7.37. The van der Waals surface area contributed by atoms with E-state index in [1.165, 1.54) is 12.1 Å². The number of hydrogen-bond acceptors (Lipinski definition) is 6. The molecule has 0 saturated carbocycles. The first-order valence-corrected chi connectivity index (χ1v) is 8.84. The number of ether oxygens (including phenoxy) is 1. The lowest BCUT2D eigenvalue weighted by molar-refractivity contribution is 0.529. The molecule has 2 aromatic rings. The molecule has 1 heterocycles. The Morgan fingerprint density at radius 1 is 1.31 bits per heavy atom. The number of aromatic nitrogens is 1. The molecule has 0 bridgehead atoms. The smallest absolute Gasteiger partial charge is 0.333 e. The van der Waals surface area contributed by atoms with E-state index in [4.69, 9.17) is 15.0 Å². The number of aliphatic imine (C=N–C) groups is 1. The van der Waals surface area contributed by atoms with E-state index in [9.17, 15) is 8.28 Å². The highest BCUT2D eigenvalue weighted by atomic mass is 32.2. The van der Waals surface area contributed by atoms with E-state index >= 15 is 0 Å². The van der Waals surface area contributed by atoms with Gasteiger partial charge in [-0.15, -0.1) is 8.28 Å². The Hall–Kier alpha value is -2.17. The van der Waals surface area contributed by atoms with E-state index < -0.39 is 11.8 Å². The maximum Gasteiger partial charge on any atom is 0.333 e. The quantitative estimate of drug-likeness (QED) is 0.333. The molecule has 26 heavy (non-hydrogen) atoms. The van der Waals surface area contributed by atoms with Crippen molar-refractivity contribution in [3.63, 3.8) is 0 Å². The van der Waals surface area contributed by atoms with Crippen molar-refractivity contribution < 1.29 is 17.6 Å². The minimum Gasteiger partial charge on any atom is -0.423 e. The second-order valence-corrected chi connectivity index (χ2v) is 6.27. The molecular formula is C16H16F2N4O2S2. The zero-order valence-corrected chi connectivity index (χ0v) is 15.5. The van der Waals surface area contributed by atoms with Gasteiger partial charge in [-0.25, -0.2) is 4.39 Å². The summed E-state index contributed by atoms with van der Waals surface area (Å²) in [4.78, 5) is 7.65. The summed E-state index contributed by atoms with van der Waals surface area (Å²) >= 11 is -0.204. The highest BCUT2D eigenvalue weighted by Crippen LogP contribution is 2.38. The number of rotatable bonds is 4. The lowest BCUT2D eigenvalue weighted by atomic mass is 9.95. The maximum absolute atomic E-state index is 14.2. The average Bonchev–Trinajstić information content (AvgIpc) is 2.63. The van der Waals surface area contributed by atoms with Gasteiger partial charge in [-0.3, -0.25) is 4.98 Å². The largest absolute Gasteiger partial charge is 0.423 e. The zero-order valence-electron chi connectivity index (χ0n) is 13.9. The molecule has 0 radical (unpaired) electrons. The van der Waals surface area contributed by atoms with Crippen LogP contribution in [-0.4, -0.2) is 20.7 Å². The van der Waals surface area contributed by atoms with Crippen LogP contribution in [0.4, 0.5) is 8.28 Å². The van der Waals surface area contributed by atoms with Crippen LogP contribution in [0.3, 0.4) is 0 Å². The molecule has 1 aromatic heterocycles. The van der Waals surface area contributed by atoms with E-state index in [0.717, 1.165) is 0 Å². The minimum absolute atomic E-state index is 0.103. The predicted octanol–water partition coefficient (Wildman–Crippen LogP) is 4.80. The third kappa shape index (κ3) is 5.16. The van der Waals surface area contributed by atoms with Crippen molar-refractivity contribution in [3.8, 4) is 16.9 Å². The Morgan fingerprint density at radius 2 is 2.00 bits per heavy atom. The normalized spacial score (nSPS) is 12.5. The van der Waals surface area contributed by atoms with Crippen molar-refractivity contribution in [2.45, 2.75) is 19.8 Å². The molecule has 0 aliphatic rings. The summed E-state index contributed by atoms with van der Waals surface area (Å²) in [7, 11) is 0. The standard InChI is InChI=1S/C16H16F2N4O2S2/c1-9(2)12-7-11(17)8-13(10-3-5-20-6-4-10)14(12)24-16(22-26-18)21-15(19)25-23/h3-9,23H,1-2H3,(H2,19,21,22).